The number of carbonyl (C=O) groups is 1. The Morgan fingerprint density at radius 2 is 2.19 bits per heavy atom. The minimum atomic E-state index is -0.753. The molecule has 2 heterocycles. The predicted octanol–water partition coefficient (Wildman–Crippen LogP) is 0.922. The zero-order valence-corrected chi connectivity index (χ0v) is 13.3. The van der Waals surface area contributed by atoms with Gasteiger partial charge in [0.2, 0.25) is 5.91 Å². The maximum atomic E-state index is 12.3. The van der Waals surface area contributed by atoms with E-state index in [0.717, 1.165) is 24.3 Å². The maximum absolute atomic E-state index is 12.3. The highest BCUT2D eigenvalue weighted by atomic mass is 16.3. The summed E-state index contributed by atoms with van der Waals surface area (Å²) >= 11 is 0. The number of carbonyl (C=O) groups excluding carboxylic acids is 1. The molecular weight excluding hydrogens is 266 g/mol. The van der Waals surface area contributed by atoms with Gasteiger partial charge in [-0.25, -0.2) is 0 Å². The first-order valence-electron chi connectivity index (χ1n) is 7.36. The molecule has 5 nitrogen and oxygen atoms in total. The topological polar surface area (TPSA) is 65.5 Å². The first-order valence-corrected chi connectivity index (χ1v) is 7.36. The molecule has 1 saturated heterocycles. The quantitative estimate of drug-likeness (QED) is 0.866. The summed E-state index contributed by atoms with van der Waals surface area (Å²) in [7, 11) is 2.05. The fourth-order valence-corrected chi connectivity index (χ4v) is 2.62. The molecule has 1 amide bonds. The Kier molecular flexibility index (Phi) is 4.64. The molecule has 2 atom stereocenters. The predicted molar refractivity (Wildman–Crippen MR) is 82.0 cm³/mol. The number of nitrogens with one attached hydrogen (secondary N) is 1. The van der Waals surface area contributed by atoms with Crippen LogP contribution in [-0.2, 0) is 4.79 Å². The van der Waals surface area contributed by atoms with E-state index in [2.05, 4.69) is 28.3 Å². The minimum absolute atomic E-state index is 0.0535. The third-order valence-corrected chi connectivity index (χ3v) is 4.19. The van der Waals surface area contributed by atoms with Crippen molar-refractivity contribution in [3.8, 4) is 0 Å². The molecule has 0 saturated carbocycles. The van der Waals surface area contributed by atoms with Crippen LogP contribution in [0.1, 0.15) is 31.0 Å². The lowest BCUT2D eigenvalue weighted by Crippen LogP contribution is -2.47. The van der Waals surface area contributed by atoms with E-state index in [1.165, 1.54) is 0 Å². The highest BCUT2D eigenvalue weighted by molar-refractivity contribution is 5.82. The van der Waals surface area contributed by atoms with Crippen molar-refractivity contribution in [2.45, 2.75) is 32.7 Å². The van der Waals surface area contributed by atoms with Crippen LogP contribution >= 0.6 is 0 Å². The molecular formula is C16H25N3O2. The molecule has 2 rings (SSSR count). The van der Waals surface area contributed by atoms with Crippen LogP contribution in [0.15, 0.2) is 18.3 Å². The van der Waals surface area contributed by atoms with Gasteiger partial charge in [-0.2, -0.15) is 0 Å². The first kappa shape index (κ1) is 15.9. The average molecular weight is 291 g/mol. The number of aryl methyl sites for hydroxylation is 1. The Hall–Kier alpha value is -1.46. The zero-order valence-electron chi connectivity index (χ0n) is 13.3. The number of hydrogen-bond donors (Lipinski definition) is 2. The van der Waals surface area contributed by atoms with E-state index < -0.39 is 5.41 Å². The number of likely N-dealkylation sites (tertiary alicyclic amines) is 1. The summed E-state index contributed by atoms with van der Waals surface area (Å²) in [6.07, 6.45) is 1.90. The summed E-state index contributed by atoms with van der Waals surface area (Å²) in [5, 5.41) is 12.4. The second kappa shape index (κ2) is 6.12. The Labute approximate surface area is 126 Å². The lowest BCUT2D eigenvalue weighted by molar-refractivity contribution is -0.132. The second-order valence-corrected chi connectivity index (χ2v) is 6.68. The molecule has 0 aromatic carbocycles. The van der Waals surface area contributed by atoms with Crippen molar-refractivity contribution in [2.24, 2.45) is 5.41 Å². The molecule has 1 aromatic rings. The van der Waals surface area contributed by atoms with E-state index >= 15 is 0 Å². The van der Waals surface area contributed by atoms with Crippen LogP contribution in [0.3, 0.4) is 0 Å². The number of aliphatic hydroxyl groups excluding tert-OH is 1. The maximum Gasteiger partial charge on any atom is 0.228 e. The number of aromatic nitrogens is 1. The number of aliphatic hydroxyl groups is 1. The van der Waals surface area contributed by atoms with Gasteiger partial charge in [0.05, 0.1) is 12.0 Å². The molecule has 21 heavy (non-hydrogen) atoms. The average Bonchev–Trinajstić information content (AvgIpc) is 2.80. The Morgan fingerprint density at radius 1 is 1.48 bits per heavy atom. The van der Waals surface area contributed by atoms with Crippen LogP contribution in [0.4, 0.5) is 0 Å². The van der Waals surface area contributed by atoms with Gasteiger partial charge in [-0.1, -0.05) is 6.07 Å². The summed E-state index contributed by atoms with van der Waals surface area (Å²) in [5.41, 5.74) is 1.39. The van der Waals surface area contributed by atoms with Crippen LogP contribution in [0, 0.1) is 12.3 Å². The molecule has 1 fully saturated rings. The van der Waals surface area contributed by atoms with Gasteiger partial charge in [-0.15, -0.1) is 0 Å². The van der Waals surface area contributed by atoms with E-state index in [1.807, 2.05) is 19.2 Å². The van der Waals surface area contributed by atoms with Gasteiger partial charge >= 0.3 is 0 Å². The largest absolute Gasteiger partial charge is 0.395 e. The monoisotopic (exact) mass is 291 g/mol. The smallest absolute Gasteiger partial charge is 0.228 e. The third kappa shape index (κ3) is 3.60. The highest BCUT2D eigenvalue weighted by Gasteiger charge is 2.36. The Balaban J connectivity index is 2.14. The van der Waals surface area contributed by atoms with E-state index in [-0.39, 0.29) is 24.5 Å². The van der Waals surface area contributed by atoms with Gasteiger partial charge in [-0.3, -0.25) is 9.78 Å². The molecule has 0 radical (unpaired) electrons. The lowest BCUT2D eigenvalue weighted by atomic mass is 9.91. The molecule has 0 bridgehead atoms. The summed E-state index contributed by atoms with van der Waals surface area (Å²) in [4.78, 5) is 18.8. The van der Waals surface area contributed by atoms with E-state index in [4.69, 9.17) is 0 Å². The summed E-state index contributed by atoms with van der Waals surface area (Å²) in [5.74, 6) is 0.136. The molecule has 0 aliphatic carbocycles. The summed E-state index contributed by atoms with van der Waals surface area (Å²) < 4.78 is 0. The van der Waals surface area contributed by atoms with Crippen LogP contribution in [0.2, 0.25) is 0 Å². The second-order valence-electron chi connectivity index (χ2n) is 6.68. The van der Waals surface area contributed by atoms with Crippen molar-refractivity contribution in [2.75, 3.05) is 26.7 Å². The molecule has 0 unspecified atom stereocenters. The highest BCUT2D eigenvalue weighted by Crippen LogP contribution is 2.27. The SMILES string of the molecule is Cc1ccc([C@H]2CN(C)C[C@@H]2NC(=O)C(C)(C)CO)cn1. The lowest BCUT2D eigenvalue weighted by Gasteiger charge is -2.26. The Bertz CT molecular complexity index is 499. The number of amides is 1. The number of nitrogens with zero attached hydrogens (tertiary/aromatic N) is 2. The van der Waals surface area contributed by atoms with Gasteiger partial charge < -0.3 is 15.3 Å². The normalized spacial score (nSPS) is 23.3. The van der Waals surface area contributed by atoms with Gasteiger partial charge in [0.15, 0.2) is 0 Å². The van der Waals surface area contributed by atoms with E-state index in [1.54, 1.807) is 13.8 Å². The molecule has 1 aliphatic heterocycles. The summed E-state index contributed by atoms with van der Waals surface area (Å²) in [6.45, 7) is 7.03. The number of rotatable bonds is 4. The van der Waals surface area contributed by atoms with Gasteiger partial charge in [0.25, 0.3) is 0 Å². The van der Waals surface area contributed by atoms with Crippen LogP contribution in [0.5, 0.6) is 0 Å². The van der Waals surface area contributed by atoms with Crippen molar-refractivity contribution in [3.05, 3.63) is 29.6 Å². The summed E-state index contributed by atoms with van der Waals surface area (Å²) in [6, 6.07) is 4.14. The van der Waals surface area contributed by atoms with Gasteiger partial charge in [0, 0.05) is 36.9 Å². The van der Waals surface area contributed by atoms with Crippen LogP contribution < -0.4 is 5.32 Å². The Morgan fingerprint density at radius 3 is 2.76 bits per heavy atom. The molecule has 1 aliphatic rings. The van der Waals surface area contributed by atoms with E-state index in [9.17, 15) is 9.90 Å². The zero-order chi connectivity index (χ0) is 15.6. The van der Waals surface area contributed by atoms with E-state index in [0.29, 0.717) is 0 Å². The van der Waals surface area contributed by atoms with Gasteiger partial charge in [0.1, 0.15) is 0 Å². The van der Waals surface area contributed by atoms with Crippen molar-refractivity contribution in [1.29, 1.82) is 0 Å². The third-order valence-electron chi connectivity index (χ3n) is 4.19. The van der Waals surface area contributed by atoms with Crippen molar-refractivity contribution in [3.63, 3.8) is 0 Å². The van der Waals surface area contributed by atoms with Crippen LogP contribution in [-0.4, -0.2) is 53.7 Å². The molecule has 2 N–H and O–H groups in total. The fraction of sp³-hybridized carbons (Fsp3) is 0.625. The van der Waals surface area contributed by atoms with Gasteiger partial charge in [-0.05, 0) is 39.4 Å². The standard InChI is InChI=1S/C16H25N3O2/c1-11-5-6-12(7-17-11)13-8-19(4)9-14(13)18-15(21)16(2,3)10-20/h5-7,13-14,20H,8-10H2,1-4H3,(H,18,21)/t13-,14+/m1/s1. The van der Waals surface area contributed by atoms with Crippen molar-refractivity contribution >= 4 is 5.91 Å². The fourth-order valence-electron chi connectivity index (χ4n) is 2.62. The molecule has 5 heteroatoms. The first-order chi connectivity index (χ1) is 9.83. The molecule has 1 aromatic heterocycles. The number of likely N-dealkylation sites (N-methyl/N-ethyl adjacent to an activating group) is 1. The molecule has 0 spiro atoms. The molecule has 116 valence electrons. The van der Waals surface area contributed by atoms with Crippen molar-refractivity contribution in [1.82, 2.24) is 15.2 Å². The van der Waals surface area contributed by atoms with Crippen LogP contribution in [0.25, 0.3) is 0 Å². The van der Waals surface area contributed by atoms with Crippen molar-refractivity contribution < 1.29 is 9.90 Å². The minimum Gasteiger partial charge on any atom is -0.395 e. The number of hydrogen-bond acceptors (Lipinski definition) is 4. The number of pyridine rings is 1.